The summed E-state index contributed by atoms with van der Waals surface area (Å²) in [6.45, 7) is 0. The van der Waals surface area contributed by atoms with Crippen LogP contribution in [0.2, 0.25) is 0 Å². The van der Waals surface area contributed by atoms with Crippen LogP contribution in [0.4, 0.5) is 0 Å². The maximum atomic E-state index is 11.6. The van der Waals surface area contributed by atoms with Gasteiger partial charge < -0.3 is 15.4 Å². The molecule has 1 aromatic rings. The number of likely N-dealkylation sites (tertiary alicyclic amines) is 1. The molecule has 4 nitrogen and oxygen atoms in total. The third kappa shape index (κ3) is 1.76. The largest absolute Gasteiger partial charge is 0.497 e. The minimum absolute atomic E-state index is 0.00724. The van der Waals surface area contributed by atoms with Crippen molar-refractivity contribution >= 4 is 5.91 Å². The lowest BCUT2D eigenvalue weighted by Gasteiger charge is -2.20. The first-order valence-electron chi connectivity index (χ1n) is 5.29. The first-order chi connectivity index (χ1) is 7.63. The quantitative estimate of drug-likeness (QED) is 0.806. The molecule has 0 aromatic heterocycles. The maximum Gasteiger partial charge on any atom is 0.239 e. The number of nitrogens with two attached hydrogens (primary N) is 1. The maximum absolute atomic E-state index is 11.6. The Hall–Kier alpha value is -1.55. The molecule has 86 valence electrons. The SMILES string of the molecule is COc1cccc([C@H]2C[C@@H](N)C(=O)N2C)c1. The van der Waals surface area contributed by atoms with Gasteiger partial charge in [-0.2, -0.15) is 0 Å². The van der Waals surface area contributed by atoms with E-state index in [0.717, 1.165) is 11.3 Å². The number of methoxy groups -OCH3 is 1. The number of hydrogen-bond donors (Lipinski definition) is 1. The Morgan fingerprint density at radius 3 is 2.81 bits per heavy atom. The molecule has 0 saturated carbocycles. The smallest absolute Gasteiger partial charge is 0.239 e. The highest BCUT2D eigenvalue weighted by Gasteiger charge is 2.35. The van der Waals surface area contributed by atoms with Crippen LogP contribution in [-0.2, 0) is 4.79 Å². The van der Waals surface area contributed by atoms with Crippen LogP contribution in [-0.4, -0.2) is 31.0 Å². The summed E-state index contributed by atoms with van der Waals surface area (Å²) in [6, 6.07) is 7.46. The number of nitrogens with zero attached hydrogens (tertiary/aromatic N) is 1. The molecule has 0 aliphatic carbocycles. The van der Waals surface area contributed by atoms with Crippen LogP contribution in [0, 0.1) is 0 Å². The average molecular weight is 220 g/mol. The number of carbonyl (C=O) groups excluding carboxylic acids is 1. The van der Waals surface area contributed by atoms with Crippen LogP contribution in [0.5, 0.6) is 5.75 Å². The Morgan fingerprint density at radius 1 is 1.50 bits per heavy atom. The molecule has 1 heterocycles. The Morgan fingerprint density at radius 2 is 2.25 bits per heavy atom. The third-order valence-electron chi connectivity index (χ3n) is 3.09. The van der Waals surface area contributed by atoms with Crippen LogP contribution in [0.1, 0.15) is 18.0 Å². The van der Waals surface area contributed by atoms with Gasteiger partial charge in [0.2, 0.25) is 5.91 Å². The summed E-state index contributed by atoms with van der Waals surface area (Å²) in [7, 11) is 3.42. The van der Waals surface area contributed by atoms with Crippen LogP contribution >= 0.6 is 0 Å². The van der Waals surface area contributed by atoms with E-state index < -0.39 is 0 Å². The molecule has 1 aromatic carbocycles. The van der Waals surface area contributed by atoms with Gasteiger partial charge in [0, 0.05) is 7.05 Å². The number of carbonyl (C=O) groups is 1. The van der Waals surface area contributed by atoms with Crippen molar-refractivity contribution in [1.82, 2.24) is 4.90 Å². The lowest BCUT2D eigenvalue weighted by atomic mass is 10.0. The minimum atomic E-state index is -0.374. The molecule has 2 rings (SSSR count). The number of rotatable bonds is 2. The zero-order valence-corrected chi connectivity index (χ0v) is 9.51. The lowest BCUT2D eigenvalue weighted by Crippen LogP contribution is -2.31. The summed E-state index contributed by atoms with van der Waals surface area (Å²) in [5, 5.41) is 0. The lowest BCUT2D eigenvalue weighted by molar-refractivity contribution is -0.128. The van der Waals surface area contributed by atoms with E-state index in [0.29, 0.717) is 6.42 Å². The Kier molecular flexibility index (Phi) is 2.83. The van der Waals surface area contributed by atoms with Gasteiger partial charge in [-0.25, -0.2) is 0 Å². The fourth-order valence-electron chi connectivity index (χ4n) is 2.12. The predicted molar refractivity (Wildman–Crippen MR) is 61.1 cm³/mol. The third-order valence-corrected chi connectivity index (χ3v) is 3.09. The highest BCUT2D eigenvalue weighted by molar-refractivity contribution is 5.84. The second-order valence-corrected chi connectivity index (χ2v) is 4.08. The fourth-order valence-corrected chi connectivity index (χ4v) is 2.12. The first kappa shape index (κ1) is 11.0. The van der Waals surface area contributed by atoms with E-state index in [2.05, 4.69) is 0 Å². The zero-order chi connectivity index (χ0) is 11.7. The van der Waals surface area contributed by atoms with Crippen molar-refractivity contribution in [3.63, 3.8) is 0 Å². The van der Waals surface area contributed by atoms with Gasteiger partial charge >= 0.3 is 0 Å². The van der Waals surface area contributed by atoms with Crippen molar-refractivity contribution < 1.29 is 9.53 Å². The molecule has 2 atom stereocenters. The van der Waals surface area contributed by atoms with Crippen molar-refractivity contribution in [2.24, 2.45) is 5.73 Å². The molecule has 0 unspecified atom stereocenters. The van der Waals surface area contributed by atoms with Crippen LogP contribution in [0.25, 0.3) is 0 Å². The minimum Gasteiger partial charge on any atom is -0.497 e. The standard InChI is InChI=1S/C12H16N2O2/c1-14-11(7-10(13)12(14)15)8-4-3-5-9(6-8)16-2/h3-6,10-11H,7,13H2,1-2H3/t10-,11-/m1/s1. The summed E-state index contributed by atoms with van der Waals surface area (Å²) >= 11 is 0. The van der Waals surface area contributed by atoms with Crippen molar-refractivity contribution in [3.05, 3.63) is 29.8 Å². The van der Waals surface area contributed by atoms with Crippen molar-refractivity contribution in [2.75, 3.05) is 14.2 Å². The molecule has 2 N–H and O–H groups in total. The average Bonchev–Trinajstić information content (AvgIpc) is 2.57. The van der Waals surface area contributed by atoms with Crippen molar-refractivity contribution in [2.45, 2.75) is 18.5 Å². The summed E-state index contributed by atoms with van der Waals surface area (Å²) in [6.07, 6.45) is 0.669. The van der Waals surface area contributed by atoms with E-state index in [1.807, 2.05) is 24.3 Å². The van der Waals surface area contributed by atoms with E-state index in [1.54, 1.807) is 19.1 Å². The van der Waals surface area contributed by atoms with Crippen LogP contribution < -0.4 is 10.5 Å². The molecular formula is C12H16N2O2. The van der Waals surface area contributed by atoms with E-state index in [-0.39, 0.29) is 18.0 Å². The molecule has 1 amide bonds. The second-order valence-electron chi connectivity index (χ2n) is 4.08. The van der Waals surface area contributed by atoms with Gasteiger partial charge in [-0.15, -0.1) is 0 Å². The summed E-state index contributed by atoms with van der Waals surface area (Å²) in [5.74, 6) is 0.812. The molecule has 1 aliphatic heterocycles. The number of likely N-dealkylation sites (N-methyl/N-ethyl adjacent to an activating group) is 1. The van der Waals surface area contributed by atoms with Gasteiger partial charge in [-0.05, 0) is 24.1 Å². The number of benzene rings is 1. The zero-order valence-electron chi connectivity index (χ0n) is 9.51. The number of amides is 1. The van der Waals surface area contributed by atoms with Crippen LogP contribution in [0.15, 0.2) is 24.3 Å². The summed E-state index contributed by atoms with van der Waals surface area (Å²) in [5.41, 5.74) is 6.82. The Bertz CT molecular complexity index is 406. The molecule has 1 aliphatic rings. The van der Waals surface area contributed by atoms with Gasteiger partial charge in [0.1, 0.15) is 5.75 Å². The molecule has 0 spiro atoms. The highest BCUT2D eigenvalue weighted by atomic mass is 16.5. The topological polar surface area (TPSA) is 55.6 Å². The Labute approximate surface area is 95.0 Å². The molecule has 0 bridgehead atoms. The fraction of sp³-hybridized carbons (Fsp3) is 0.417. The van der Waals surface area contributed by atoms with E-state index in [9.17, 15) is 4.79 Å². The van der Waals surface area contributed by atoms with E-state index in [1.165, 1.54) is 0 Å². The summed E-state index contributed by atoms with van der Waals surface area (Å²) < 4.78 is 5.17. The van der Waals surface area contributed by atoms with Gasteiger partial charge in [-0.1, -0.05) is 12.1 Å². The van der Waals surface area contributed by atoms with Crippen molar-refractivity contribution in [1.29, 1.82) is 0 Å². The van der Waals surface area contributed by atoms with Gasteiger partial charge in [-0.3, -0.25) is 4.79 Å². The normalized spacial score (nSPS) is 24.9. The number of ether oxygens (including phenoxy) is 1. The van der Waals surface area contributed by atoms with Crippen LogP contribution in [0.3, 0.4) is 0 Å². The van der Waals surface area contributed by atoms with Gasteiger partial charge in [0.25, 0.3) is 0 Å². The summed E-state index contributed by atoms with van der Waals surface area (Å²) in [4.78, 5) is 13.3. The number of hydrogen-bond acceptors (Lipinski definition) is 3. The Balaban J connectivity index is 2.27. The predicted octanol–water partition coefficient (Wildman–Crippen LogP) is 0.926. The highest BCUT2D eigenvalue weighted by Crippen LogP contribution is 2.32. The monoisotopic (exact) mass is 220 g/mol. The van der Waals surface area contributed by atoms with E-state index >= 15 is 0 Å². The van der Waals surface area contributed by atoms with Gasteiger partial charge in [0.15, 0.2) is 0 Å². The van der Waals surface area contributed by atoms with E-state index in [4.69, 9.17) is 10.5 Å². The molecular weight excluding hydrogens is 204 g/mol. The van der Waals surface area contributed by atoms with Crippen molar-refractivity contribution in [3.8, 4) is 5.75 Å². The molecule has 0 radical (unpaired) electrons. The first-order valence-corrected chi connectivity index (χ1v) is 5.29. The van der Waals surface area contributed by atoms with Gasteiger partial charge in [0.05, 0.1) is 19.2 Å². The molecule has 16 heavy (non-hydrogen) atoms. The molecule has 1 saturated heterocycles. The molecule has 1 fully saturated rings. The molecule has 4 heteroatoms. The second kappa shape index (κ2) is 4.14.